The maximum absolute atomic E-state index is 12.0. The van der Waals surface area contributed by atoms with Gasteiger partial charge in [-0.05, 0) is 6.07 Å². The number of Topliss-reactive ketones (excluding diaryl/α,β-unsaturated/α-hetero) is 1. The number of carbonyl (C=O) groups excluding carboxylic acids is 1. The van der Waals surface area contributed by atoms with Crippen LogP contribution in [0.4, 0.5) is 0 Å². The van der Waals surface area contributed by atoms with Gasteiger partial charge in [-0.15, -0.1) is 0 Å². The lowest BCUT2D eigenvalue weighted by Crippen LogP contribution is -2.20. The zero-order valence-corrected chi connectivity index (χ0v) is 9.06. The Morgan fingerprint density at radius 1 is 1.40 bits per heavy atom. The van der Waals surface area contributed by atoms with Crippen molar-refractivity contribution in [1.29, 1.82) is 0 Å². The van der Waals surface area contributed by atoms with E-state index in [0.717, 1.165) is 0 Å². The largest absolute Gasteiger partial charge is 0.293 e. The second-order valence-electron chi connectivity index (χ2n) is 4.53. The van der Waals surface area contributed by atoms with Gasteiger partial charge in [0.1, 0.15) is 0 Å². The van der Waals surface area contributed by atoms with Gasteiger partial charge in [0.05, 0.1) is 11.8 Å². The van der Waals surface area contributed by atoms with Crippen LogP contribution in [-0.4, -0.2) is 20.4 Å². The molecule has 0 saturated carbocycles. The van der Waals surface area contributed by atoms with Crippen LogP contribution in [0.5, 0.6) is 0 Å². The Kier molecular flexibility index (Phi) is 2.07. The number of nitrogens with zero attached hydrogens (tertiary/aromatic N) is 3. The molecule has 2 rings (SSSR count). The zero-order valence-electron chi connectivity index (χ0n) is 9.06. The second-order valence-corrected chi connectivity index (χ2v) is 4.53. The highest BCUT2D eigenvalue weighted by Gasteiger charge is 2.26. The summed E-state index contributed by atoms with van der Waals surface area (Å²) in [6, 6.07) is 1.78. The van der Waals surface area contributed by atoms with Gasteiger partial charge in [0.2, 0.25) is 0 Å². The molecule has 0 N–H and O–H groups in total. The van der Waals surface area contributed by atoms with Gasteiger partial charge in [-0.1, -0.05) is 20.8 Å². The average Bonchev–Trinajstić information content (AvgIpc) is 2.58. The number of fused-ring (bicyclic) bond motifs is 1. The first-order chi connectivity index (χ1) is 7.00. The summed E-state index contributed by atoms with van der Waals surface area (Å²) in [5.41, 5.74) is 0.807. The monoisotopic (exact) mass is 203 g/mol. The summed E-state index contributed by atoms with van der Waals surface area (Å²) in [5, 5.41) is 4.09. The van der Waals surface area contributed by atoms with Crippen molar-refractivity contribution >= 4 is 11.4 Å². The number of hydrogen-bond donors (Lipinski definition) is 0. The number of rotatable bonds is 1. The third-order valence-corrected chi connectivity index (χ3v) is 2.21. The fourth-order valence-corrected chi connectivity index (χ4v) is 1.39. The van der Waals surface area contributed by atoms with Crippen LogP contribution in [0.1, 0.15) is 31.1 Å². The zero-order chi connectivity index (χ0) is 11.1. The standard InChI is InChI=1S/C11H13N3O/c1-11(2,3)9(15)8-7-13-14-6-4-5-12-10(8)14/h4-7H,1-3H3. The minimum Gasteiger partial charge on any atom is -0.293 e. The van der Waals surface area contributed by atoms with Gasteiger partial charge >= 0.3 is 0 Å². The van der Waals surface area contributed by atoms with Crippen LogP contribution in [0.3, 0.4) is 0 Å². The van der Waals surface area contributed by atoms with Crippen molar-refractivity contribution in [3.8, 4) is 0 Å². The molecule has 0 amide bonds. The minimum atomic E-state index is -0.402. The van der Waals surface area contributed by atoms with Crippen LogP contribution in [0, 0.1) is 5.41 Å². The molecule has 2 aromatic rings. The van der Waals surface area contributed by atoms with Gasteiger partial charge in [-0.25, -0.2) is 9.50 Å². The lowest BCUT2D eigenvalue weighted by atomic mass is 9.87. The van der Waals surface area contributed by atoms with Crippen LogP contribution < -0.4 is 0 Å². The van der Waals surface area contributed by atoms with E-state index in [0.29, 0.717) is 11.2 Å². The molecule has 0 aliphatic carbocycles. The van der Waals surface area contributed by atoms with Crippen molar-refractivity contribution in [2.75, 3.05) is 0 Å². The number of aromatic nitrogens is 3. The Morgan fingerprint density at radius 2 is 2.13 bits per heavy atom. The van der Waals surface area contributed by atoms with Crippen molar-refractivity contribution in [1.82, 2.24) is 14.6 Å². The van der Waals surface area contributed by atoms with E-state index in [4.69, 9.17) is 0 Å². The van der Waals surface area contributed by atoms with E-state index in [2.05, 4.69) is 10.1 Å². The fourth-order valence-electron chi connectivity index (χ4n) is 1.39. The summed E-state index contributed by atoms with van der Waals surface area (Å²) >= 11 is 0. The van der Waals surface area contributed by atoms with Crippen LogP contribution in [0.25, 0.3) is 5.65 Å². The van der Waals surface area contributed by atoms with Crippen molar-refractivity contribution in [2.24, 2.45) is 5.41 Å². The van der Waals surface area contributed by atoms with Crippen LogP contribution in [0.15, 0.2) is 24.7 Å². The topological polar surface area (TPSA) is 47.3 Å². The molecular formula is C11H13N3O. The van der Waals surface area contributed by atoms with Crippen LogP contribution in [0.2, 0.25) is 0 Å². The molecule has 0 aromatic carbocycles. The van der Waals surface area contributed by atoms with E-state index in [1.807, 2.05) is 20.8 Å². The highest BCUT2D eigenvalue weighted by molar-refractivity contribution is 6.04. The molecule has 2 heterocycles. The second kappa shape index (κ2) is 3.15. The first kappa shape index (κ1) is 9.83. The van der Waals surface area contributed by atoms with E-state index in [9.17, 15) is 4.79 Å². The Hall–Kier alpha value is -1.71. The third-order valence-electron chi connectivity index (χ3n) is 2.21. The maximum Gasteiger partial charge on any atom is 0.173 e. The molecule has 4 nitrogen and oxygen atoms in total. The molecule has 0 bridgehead atoms. The normalized spacial score (nSPS) is 11.9. The average molecular weight is 203 g/mol. The summed E-state index contributed by atoms with van der Waals surface area (Å²) in [4.78, 5) is 16.2. The van der Waals surface area contributed by atoms with Gasteiger partial charge in [-0.2, -0.15) is 5.10 Å². The van der Waals surface area contributed by atoms with Gasteiger partial charge in [0.15, 0.2) is 11.4 Å². The molecule has 78 valence electrons. The molecule has 0 aliphatic rings. The molecule has 0 saturated heterocycles. The highest BCUT2D eigenvalue weighted by Crippen LogP contribution is 2.22. The SMILES string of the molecule is CC(C)(C)C(=O)c1cnn2cccnc12. The Morgan fingerprint density at radius 3 is 2.80 bits per heavy atom. The van der Waals surface area contributed by atoms with Gasteiger partial charge in [0.25, 0.3) is 0 Å². The quantitative estimate of drug-likeness (QED) is 0.665. The molecule has 0 atom stereocenters. The van der Waals surface area contributed by atoms with Crippen molar-refractivity contribution in [2.45, 2.75) is 20.8 Å². The summed E-state index contributed by atoms with van der Waals surface area (Å²) in [6.07, 6.45) is 5.02. The predicted molar refractivity (Wildman–Crippen MR) is 56.8 cm³/mol. The number of ketones is 1. The van der Waals surface area contributed by atoms with E-state index < -0.39 is 5.41 Å². The fraction of sp³-hybridized carbons (Fsp3) is 0.364. The molecule has 0 unspecified atom stereocenters. The molecule has 0 aliphatic heterocycles. The Balaban J connectivity index is 2.58. The lowest BCUT2D eigenvalue weighted by Gasteiger charge is -2.14. The van der Waals surface area contributed by atoms with E-state index >= 15 is 0 Å². The van der Waals surface area contributed by atoms with Crippen LogP contribution >= 0.6 is 0 Å². The third kappa shape index (κ3) is 1.63. The van der Waals surface area contributed by atoms with E-state index in [1.165, 1.54) is 0 Å². The first-order valence-corrected chi connectivity index (χ1v) is 4.83. The molecule has 0 spiro atoms. The summed E-state index contributed by atoms with van der Waals surface area (Å²) in [6.45, 7) is 5.67. The molecule has 15 heavy (non-hydrogen) atoms. The number of carbonyl (C=O) groups is 1. The van der Waals surface area contributed by atoms with Crippen molar-refractivity contribution < 1.29 is 4.79 Å². The van der Waals surface area contributed by atoms with Gasteiger partial charge < -0.3 is 0 Å². The molecule has 2 aromatic heterocycles. The highest BCUT2D eigenvalue weighted by atomic mass is 16.1. The van der Waals surface area contributed by atoms with Crippen molar-refractivity contribution in [3.05, 3.63) is 30.2 Å². The first-order valence-electron chi connectivity index (χ1n) is 4.83. The summed E-state index contributed by atoms with van der Waals surface area (Å²) in [7, 11) is 0. The summed E-state index contributed by atoms with van der Waals surface area (Å²) < 4.78 is 1.61. The maximum atomic E-state index is 12.0. The van der Waals surface area contributed by atoms with E-state index in [1.54, 1.807) is 29.2 Å². The summed E-state index contributed by atoms with van der Waals surface area (Å²) in [5.74, 6) is 0.0659. The van der Waals surface area contributed by atoms with Crippen molar-refractivity contribution in [3.63, 3.8) is 0 Å². The van der Waals surface area contributed by atoms with E-state index in [-0.39, 0.29) is 5.78 Å². The Labute approximate surface area is 87.9 Å². The van der Waals surface area contributed by atoms with Crippen LogP contribution in [-0.2, 0) is 0 Å². The molecule has 0 radical (unpaired) electrons. The smallest absolute Gasteiger partial charge is 0.173 e. The van der Waals surface area contributed by atoms with Gasteiger partial charge in [0, 0.05) is 17.8 Å². The molecular weight excluding hydrogens is 190 g/mol. The Bertz CT molecular complexity index is 508. The lowest BCUT2D eigenvalue weighted by molar-refractivity contribution is 0.0860. The molecule has 4 heteroatoms. The number of hydrogen-bond acceptors (Lipinski definition) is 3. The van der Waals surface area contributed by atoms with Gasteiger partial charge in [-0.3, -0.25) is 4.79 Å². The molecule has 0 fully saturated rings. The minimum absolute atomic E-state index is 0.0659. The predicted octanol–water partition coefficient (Wildman–Crippen LogP) is 1.96.